The Bertz CT molecular complexity index is 322. The van der Waals surface area contributed by atoms with Crippen molar-refractivity contribution >= 4 is 22.8 Å². The van der Waals surface area contributed by atoms with Gasteiger partial charge in [0.25, 0.3) is 0 Å². The van der Waals surface area contributed by atoms with Crippen LogP contribution in [0.3, 0.4) is 0 Å². The molecule has 2 aliphatic rings. The van der Waals surface area contributed by atoms with E-state index < -0.39 is 0 Å². The zero-order valence-corrected chi connectivity index (χ0v) is 11.4. The first-order valence-electron chi connectivity index (χ1n) is 6.34. The molecule has 1 amide bonds. The Hall–Kier alpha value is -0.710. The maximum atomic E-state index is 11.5. The van der Waals surface area contributed by atoms with Crippen LogP contribution in [0.15, 0.2) is 4.99 Å². The van der Waals surface area contributed by atoms with Crippen LogP contribution in [0.4, 0.5) is 0 Å². The van der Waals surface area contributed by atoms with Gasteiger partial charge in [-0.3, -0.25) is 9.79 Å². The van der Waals surface area contributed by atoms with Crippen molar-refractivity contribution in [2.45, 2.75) is 51.1 Å². The second-order valence-corrected chi connectivity index (χ2v) is 6.21. The second kappa shape index (κ2) is 5.29. The SMILES string of the molecule is CC(C)NC(=O)CN=C1NC2(CCCC2)CS1. The minimum absolute atomic E-state index is 0.00210. The van der Waals surface area contributed by atoms with Gasteiger partial charge in [0.15, 0.2) is 5.17 Å². The number of carbonyl (C=O) groups excluding carboxylic acids is 1. The van der Waals surface area contributed by atoms with Gasteiger partial charge in [-0.1, -0.05) is 24.6 Å². The molecule has 0 aromatic carbocycles. The molecule has 2 rings (SSSR count). The first-order valence-corrected chi connectivity index (χ1v) is 7.33. The maximum Gasteiger partial charge on any atom is 0.241 e. The molecule has 0 atom stereocenters. The number of amides is 1. The van der Waals surface area contributed by atoms with Gasteiger partial charge in [-0.05, 0) is 26.7 Å². The zero-order valence-electron chi connectivity index (χ0n) is 10.6. The average molecular weight is 255 g/mol. The van der Waals surface area contributed by atoms with Gasteiger partial charge in [-0.15, -0.1) is 0 Å². The number of nitrogens with one attached hydrogen (secondary N) is 2. The van der Waals surface area contributed by atoms with E-state index in [-0.39, 0.29) is 24.0 Å². The Morgan fingerprint density at radius 2 is 2.24 bits per heavy atom. The molecule has 1 aliphatic carbocycles. The first kappa shape index (κ1) is 12.7. The molecule has 1 saturated carbocycles. The summed E-state index contributed by atoms with van der Waals surface area (Å²) in [5.74, 6) is 1.11. The van der Waals surface area contributed by atoms with Crippen molar-refractivity contribution in [1.82, 2.24) is 10.6 Å². The van der Waals surface area contributed by atoms with Crippen LogP contribution < -0.4 is 10.6 Å². The highest BCUT2D eigenvalue weighted by Gasteiger charge is 2.39. The zero-order chi connectivity index (χ0) is 12.3. The Balaban J connectivity index is 1.81. The fraction of sp³-hybridized carbons (Fsp3) is 0.833. The average Bonchev–Trinajstić information content (AvgIpc) is 2.86. The van der Waals surface area contributed by atoms with Crippen LogP contribution in [0, 0.1) is 0 Å². The van der Waals surface area contributed by atoms with Gasteiger partial charge in [0, 0.05) is 17.3 Å². The summed E-state index contributed by atoms with van der Waals surface area (Å²) in [5.41, 5.74) is 0.290. The molecule has 17 heavy (non-hydrogen) atoms. The highest BCUT2D eigenvalue weighted by atomic mass is 32.2. The van der Waals surface area contributed by atoms with Crippen molar-refractivity contribution in [3.63, 3.8) is 0 Å². The summed E-state index contributed by atoms with van der Waals surface area (Å²) in [5, 5.41) is 7.30. The Labute approximate surface area is 107 Å². The van der Waals surface area contributed by atoms with Crippen LogP contribution in [0.2, 0.25) is 0 Å². The quantitative estimate of drug-likeness (QED) is 0.804. The van der Waals surface area contributed by atoms with Crippen LogP contribution in [0.1, 0.15) is 39.5 Å². The maximum absolute atomic E-state index is 11.5. The predicted molar refractivity (Wildman–Crippen MR) is 72.4 cm³/mol. The summed E-state index contributed by atoms with van der Waals surface area (Å²) in [7, 11) is 0. The Kier molecular flexibility index (Phi) is 3.97. The van der Waals surface area contributed by atoms with Crippen molar-refractivity contribution in [2.24, 2.45) is 4.99 Å². The smallest absolute Gasteiger partial charge is 0.241 e. The van der Waals surface area contributed by atoms with Crippen molar-refractivity contribution < 1.29 is 4.79 Å². The van der Waals surface area contributed by atoms with Gasteiger partial charge in [0.2, 0.25) is 5.91 Å². The van der Waals surface area contributed by atoms with E-state index in [1.165, 1.54) is 25.7 Å². The number of aliphatic imine (C=N–C) groups is 1. The number of thioether (sulfide) groups is 1. The molecule has 1 heterocycles. The Morgan fingerprint density at radius 1 is 1.53 bits per heavy atom. The fourth-order valence-electron chi connectivity index (χ4n) is 2.42. The number of rotatable bonds is 3. The van der Waals surface area contributed by atoms with Gasteiger partial charge >= 0.3 is 0 Å². The van der Waals surface area contributed by atoms with Gasteiger partial charge in [-0.25, -0.2) is 0 Å². The highest BCUT2D eigenvalue weighted by Crippen LogP contribution is 2.37. The number of carbonyl (C=O) groups is 1. The van der Waals surface area contributed by atoms with Crippen molar-refractivity contribution in [3.05, 3.63) is 0 Å². The lowest BCUT2D eigenvalue weighted by Crippen LogP contribution is -2.41. The molecule has 96 valence electrons. The predicted octanol–water partition coefficient (Wildman–Crippen LogP) is 1.52. The summed E-state index contributed by atoms with van der Waals surface area (Å²) in [6.07, 6.45) is 5.12. The van der Waals surface area contributed by atoms with Gasteiger partial charge in [0.1, 0.15) is 6.54 Å². The molecular weight excluding hydrogens is 234 g/mol. The molecule has 1 aliphatic heterocycles. The van der Waals surface area contributed by atoms with Crippen LogP contribution >= 0.6 is 11.8 Å². The van der Waals surface area contributed by atoms with E-state index in [2.05, 4.69) is 15.6 Å². The topological polar surface area (TPSA) is 53.5 Å². The summed E-state index contributed by atoms with van der Waals surface area (Å²) >= 11 is 1.76. The molecule has 0 unspecified atom stereocenters. The molecule has 2 fully saturated rings. The lowest BCUT2D eigenvalue weighted by molar-refractivity contribution is -0.120. The lowest BCUT2D eigenvalue weighted by Gasteiger charge is -2.21. The van der Waals surface area contributed by atoms with Gasteiger partial charge in [-0.2, -0.15) is 0 Å². The standard InChI is InChI=1S/C12H21N3OS/c1-9(2)14-10(16)7-13-11-15-12(8-17-11)5-3-4-6-12/h9H,3-8H2,1-2H3,(H,13,15)(H,14,16). The number of nitrogens with zero attached hydrogens (tertiary/aromatic N) is 1. The third-order valence-corrected chi connectivity index (χ3v) is 4.44. The molecule has 4 nitrogen and oxygen atoms in total. The molecule has 0 bridgehead atoms. The number of hydrogen-bond acceptors (Lipinski definition) is 3. The molecular formula is C12H21N3OS. The number of hydrogen-bond donors (Lipinski definition) is 2. The first-order chi connectivity index (χ1) is 8.10. The molecule has 0 aromatic heterocycles. The summed E-state index contributed by atoms with van der Waals surface area (Å²) in [6.45, 7) is 4.16. The van der Waals surface area contributed by atoms with E-state index in [1.54, 1.807) is 11.8 Å². The third kappa shape index (κ3) is 3.37. The van der Waals surface area contributed by atoms with E-state index in [1.807, 2.05) is 13.8 Å². The molecule has 1 spiro atoms. The minimum atomic E-state index is 0.00210. The van der Waals surface area contributed by atoms with Crippen LogP contribution in [0.25, 0.3) is 0 Å². The Morgan fingerprint density at radius 3 is 2.88 bits per heavy atom. The van der Waals surface area contributed by atoms with Crippen LogP contribution in [0.5, 0.6) is 0 Å². The van der Waals surface area contributed by atoms with Crippen LogP contribution in [-0.2, 0) is 4.79 Å². The molecule has 0 aromatic rings. The molecule has 5 heteroatoms. The summed E-state index contributed by atoms with van der Waals surface area (Å²) in [6, 6.07) is 0.188. The van der Waals surface area contributed by atoms with E-state index >= 15 is 0 Å². The largest absolute Gasteiger partial charge is 0.359 e. The molecule has 2 N–H and O–H groups in total. The van der Waals surface area contributed by atoms with Crippen molar-refractivity contribution in [3.8, 4) is 0 Å². The van der Waals surface area contributed by atoms with Crippen LogP contribution in [-0.4, -0.2) is 35.0 Å². The summed E-state index contributed by atoms with van der Waals surface area (Å²) in [4.78, 5) is 15.8. The van der Waals surface area contributed by atoms with Crippen molar-refractivity contribution in [2.75, 3.05) is 12.3 Å². The normalized spacial score (nSPS) is 24.5. The lowest BCUT2D eigenvalue weighted by atomic mass is 10.0. The van der Waals surface area contributed by atoms with Crippen molar-refractivity contribution in [1.29, 1.82) is 0 Å². The van der Waals surface area contributed by atoms with E-state index in [4.69, 9.17) is 0 Å². The summed E-state index contributed by atoms with van der Waals surface area (Å²) < 4.78 is 0. The minimum Gasteiger partial charge on any atom is -0.359 e. The van der Waals surface area contributed by atoms with Gasteiger partial charge < -0.3 is 10.6 Å². The molecule has 0 radical (unpaired) electrons. The third-order valence-electron chi connectivity index (χ3n) is 3.23. The number of amidine groups is 1. The molecule has 1 saturated heterocycles. The highest BCUT2D eigenvalue weighted by molar-refractivity contribution is 8.14. The van der Waals surface area contributed by atoms with E-state index in [0.29, 0.717) is 0 Å². The van der Waals surface area contributed by atoms with E-state index in [9.17, 15) is 4.79 Å². The van der Waals surface area contributed by atoms with E-state index in [0.717, 1.165) is 10.9 Å². The monoisotopic (exact) mass is 255 g/mol. The fourth-order valence-corrected chi connectivity index (χ4v) is 3.64. The second-order valence-electron chi connectivity index (χ2n) is 5.24. The van der Waals surface area contributed by atoms with Gasteiger partial charge in [0.05, 0.1) is 0 Å².